The smallest absolute Gasteiger partial charge is 0.167 e. The molecule has 0 N–H and O–H groups in total. The van der Waals surface area contributed by atoms with Gasteiger partial charge in [0.1, 0.15) is 5.16 Å². The predicted molar refractivity (Wildman–Crippen MR) is 182 cm³/mol. The Hall–Kier alpha value is -5.04. The van der Waals surface area contributed by atoms with E-state index in [9.17, 15) is 0 Å². The quantitative estimate of drug-likeness (QED) is 0.175. The van der Waals surface area contributed by atoms with Crippen LogP contribution >= 0.6 is 7.14 Å². The van der Waals surface area contributed by atoms with Gasteiger partial charge in [0.05, 0.1) is 5.92 Å². The number of hydrogen-bond acceptors (Lipinski definition) is 2. The van der Waals surface area contributed by atoms with Crippen molar-refractivity contribution in [2.24, 2.45) is 0 Å². The van der Waals surface area contributed by atoms with Crippen molar-refractivity contribution in [3.8, 4) is 0 Å². The molecule has 6 aromatic carbocycles. The Labute approximate surface area is 258 Å². The number of benzene rings is 6. The molecule has 0 amide bonds. The van der Waals surface area contributed by atoms with Crippen molar-refractivity contribution in [2.45, 2.75) is 11.1 Å². The lowest BCUT2D eigenvalue weighted by Crippen LogP contribution is -2.42. The number of hydrogen-bond donors (Lipinski definition) is 0. The molecule has 7 rings (SSSR count). The van der Waals surface area contributed by atoms with Crippen LogP contribution in [0.3, 0.4) is 0 Å². The van der Waals surface area contributed by atoms with Crippen molar-refractivity contribution < 1.29 is 9.36 Å². The highest BCUT2D eigenvalue weighted by Gasteiger charge is 2.65. The minimum Gasteiger partial charge on any atom is -0.312 e. The van der Waals surface area contributed by atoms with E-state index in [1.54, 1.807) is 0 Å². The summed E-state index contributed by atoms with van der Waals surface area (Å²) in [5, 5.41) is -0.222. The first kappa shape index (κ1) is 27.8. The summed E-state index contributed by atoms with van der Waals surface area (Å²) in [5.74, 6) is -0.724. The zero-order valence-electron chi connectivity index (χ0n) is 24.2. The van der Waals surface area contributed by atoms with E-state index in [-0.39, 0.29) is 5.78 Å². The molecule has 0 radical (unpaired) electrons. The predicted octanol–water partition coefficient (Wildman–Crippen LogP) is 8.87. The van der Waals surface area contributed by atoms with Gasteiger partial charge in [-0.15, -0.1) is 0 Å². The van der Waals surface area contributed by atoms with E-state index in [2.05, 4.69) is 24.3 Å². The highest BCUT2D eigenvalue weighted by atomic mass is 31.2. The second-order valence-electron chi connectivity index (χ2n) is 11.1. The topological polar surface area (TPSA) is 34.1 Å². The first-order chi connectivity index (χ1) is 21.7. The summed E-state index contributed by atoms with van der Waals surface area (Å²) in [5.41, 5.74) is 5.13. The van der Waals surface area contributed by atoms with Gasteiger partial charge >= 0.3 is 0 Å². The van der Waals surface area contributed by atoms with Crippen LogP contribution < -0.4 is 10.6 Å². The molecule has 2 nitrogen and oxygen atoms in total. The highest BCUT2D eigenvalue weighted by Crippen LogP contribution is 2.73. The first-order valence-corrected chi connectivity index (χ1v) is 16.6. The summed E-state index contributed by atoms with van der Waals surface area (Å²) in [4.78, 5) is 16.0. The average molecular weight is 587 g/mol. The van der Waals surface area contributed by atoms with Crippen molar-refractivity contribution in [3.63, 3.8) is 0 Å². The Bertz CT molecular complexity index is 1930. The number of rotatable bonds is 7. The maximum atomic E-state index is 16.8. The van der Waals surface area contributed by atoms with E-state index in [4.69, 9.17) is 0 Å². The zero-order chi connectivity index (χ0) is 30.0. The zero-order valence-corrected chi connectivity index (χ0v) is 25.1. The van der Waals surface area contributed by atoms with Crippen molar-refractivity contribution in [1.29, 1.82) is 0 Å². The Morgan fingerprint density at radius 2 is 0.841 bits per heavy atom. The Morgan fingerprint density at radius 1 is 0.455 bits per heavy atom. The lowest BCUT2D eigenvalue weighted by atomic mass is 9.84. The molecule has 2 atom stereocenters. The van der Waals surface area contributed by atoms with E-state index in [0.717, 1.165) is 33.4 Å². The molecule has 0 fully saturated rings. The van der Waals surface area contributed by atoms with Crippen LogP contribution in [0, 0.1) is 0 Å². The van der Waals surface area contributed by atoms with Gasteiger partial charge in [-0.2, -0.15) is 0 Å². The third kappa shape index (κ3) is 4.26. The monoisotopic (exact) mass is 586 g/mol. The fourth-order valence-electron chi connectivity index (χ4n) is 6.94. The summed E-state index contributed by atoms with van der Waals surface area (Å²) < 4.78 is 16.8. The molecule has 212 valence electrons. The minimum absolute atomic E-state index is 0.0800. The van der Waals surface area contributed by atoms with Crippen molar-refractivity contribution in [2.75, 3.05) is 0 Å². The second kappa shape index (κ2) is 11.6. The fraction of sp³-hybridized carbons (Fsp3) is 0.0488. The molecule has 0 saturated carbocycles. The van der Waals surface area contributed by atoms with Crippen LogP contribution in [0.15, 0.2) is 182 Å². The van der Waals surface area contributed by atoms with Gasteiger partial charge in [-0.25, -0.2) is 0 Å². The second-order valence-corrected chi connectivity index (χ2v) is 14.0. The summed E-state index contributed by atoms with van der Waals surface area (Å²) in [7, 11) is -3.83. The SMILES string of the molecule is O=C1C(c2ccccc2)C(c2ccccc2)=C(c2ccccc2)C1(c1ccccc1)P(=O)(c1ccccc1)c1ccccc1. The molecule has 3 heteroatoms. The van der Waals surface area contributed by atoms with E-state index >= 15 is 9.36 Å². The van der Waals surface area contributed by atoms with E-state index in [1.165, 1.54) is 0 Å². The largest absolute Gasteiger partial charge is 0.312 e. The fourth-order valence-corrected chi connectivity index (χ4v) is 10.7. The van der Waals surface area contributed by atoms with Crippen LogP contribution in [-0.4, -0.2) is 5.78 Å². The molecule has 1 aliphatic carbocycles. The molecule has 0 aliphatic heterocycles. The third-order valence-electron chi connectivity index (χ3n) is 8.72. The summed E-state index contributed by atoms with van der Waals surface area (Å²) >= 11 is 0. The Balaban J connectivity index is 1.74. The number of allylic oxidation sites excluding steroid dienone is 2. The maximum Gasteiger partial charge on any atom is 0.167 e. The molecule has 0 aromatic heterocycles. The molecule has 0 spiro atoms. The molecule has 0 saturated heterocycles. The van der Waals surface area contributed by atoms with E-state index in [1.807, 2.05) is 158 Å². The van der Waals surface area contributed by atoms with Crippen LogP contribution in [0.2, 0.25) is 0 Å². The first-order valence-electron chi connectivity index (χ1n) is 14.9. The molecule has 1 aliphatic rings. The van der Waals surface area contributed by atoms with Gasteiger partial charge < -0.3 is 4.57 Å². The van der Waals surface area contributed by atoms with Gasteiger partial charge in [-0.05, 0) is 33.4 Å². The summed E-state index contributed by atoms with van der Waals surface area (Å²) in [6.45, 7) is 0. The molecule has 44 heavy (non-hydrogen) atoms. The molecule has 0 heterocycles. The van der Waals surface area contributed by atoms with Crippen LogP contribution in [0.25, 0.3) is 11.1 Å². The molecule has 0 bridgehead atoms. The van der Waals surface area contributed by atoms with Gasteiger partial charge in [0.2, 0.25) is 0 Å². The Morgan fingerprint density at radius 3 is 1.32 bits per heavy atom. The van der Waals surface area contributed by atoms with Crippen LogP contribution in [-0.2, 0) is 14.5 Å². The normalized spacial score (nSPS) is 18.4. The number of carbonyl (C=O) groups is 1. The molecule has 2 unspecified atom stereocenters. The molecule has 6 aromatic rings. The van der Waals surface area contributed by atoms with Crippen molar-refractivity contribution in [3.05, 3.63) is 204 Å². The van der Waals surface area contributed by atoms with Gasteiger partial charge in [0.15, 0.2) is 12.9 Å². The van der Waals surface area contributed by atoms with E-state index < -0.39 is 18.2 Å². The number of carbonyl (C=O) groups excluding carboxylic acids is 1. The summed E-state index contributed by atoms with van der Waals surface area (Å²) in [6, 6.07) is 59.2. The molecular weight excluding hydrogens is 555 g/mol. The van der Waals surface area contributed by atoms with Crippen LogP contribution in [0.5, 0.6) is 0 Å². The van der Waals surface area contributed by atoms with Gasteiger partial charge in [-0.3, -0.25) is 4.79 Å². The standard InChI is InChI=1S/C41H31O2P/c42-40-38(32-21-9-2-10-22-32)37(31-19-7-1-8-20-31)39(33-23-11-3-12-24-33)41(40,34-25-13-4-14-26-34)44(43,35-27-15-5-16-28-35)36-29-17-6-18-30-36/h1-30,38H. The minimum atomic E-state index is -3.83. The lowest BCUT2D eigenvalue weighted by molar-refractivity contribution is -0.120. The third-order valence-corrected chi connectivity index (χ3v) is 12.4. The number of Topliss-reactive ketones (excluding diaryl/α,β-unsaturated/α-hetero) is 1. The van der Waals surface area contributed by atoms with Gasteiger partial charge in [-0.1, -0.05) is 182 Å². The summed E-state index contributed by atoms with van der Waals surface area (Å²) in [6.07, 6.45) is 0. The van der Waals surface area contributed by atoms with Gasteiger partial charge in [0.25, 0.3) is 0 Å². The van der Waals surface area contributed by atoms with Crippen LogP contribution in [0.1, 0.15) is 28.2 Å². The number of ketones is 1. The van der Waals surface area contributed by atoms with Crippen LogP contribution in [0.4, 0.5) is 0 Å². The van der Waals surface area contributed by atoms with Gasteiger partial charge in [0, 0.05) is 10.6 Å². The van der Waals surface area contributed by atoms with Crippen molar-refractivity contribution >= 4 is 34.7 Å². The van der Waals surface area contributed by atoms with E-state index in [0.29, 0.717) is 10.6 Å². The average Bonchev–Trinajstić information content (AvgIpc) is 3.40. The maximum absolute atomic E-state index is 16.8. The van der Waals surface area contributed by atoms with Crippen molar-refractivity contribution in [1.82, 2.24) is 0 Å². The highest BCUT2D eigenvalue weighted by molar-refractivity contribution is 7.81. The molecular formula is C41H31O2P. The lowest BCUT2D eigenvalue weighted by Gasteiger charge is -2.40. The Kier molecular flexibility index (Phi) is 7.30.